The van der Waals surface area contributed by atoms with E-state index in [-0.39, 0.29) is 0 Å². The standard InChI is InChI=1S/C35H22N4S/c1-3-13-32-27(9-1)28-16-15-23(35-38-31-12-2-4-14-34(31)40-35)22-33(28)39(32)26-20-24(29-10-5-7-17-36-29)19-25(21-26)30-11-6-8-18-37-30/h1-22H. The van der Waals surface area contributed by atoms with Gasteiger partial charge in [-0.25, -0.2) is 4.98 Å². The monoisotopic (exact) mass is 530 g/mol. The van der Waals surface area contributed by atoms with Gasteiger partial charge in [0.1, 0.15) is 5.01 Å². The molecule has 0 radical (unpaired) electrons. The topological polar surface area (TPSA) is 43.6 Å². The van der Waals surface area contributed by atoms with Gasteiger partial charge in [-0.05, 0) is 66.7 Å². The van der Waals surface area contributed by atoms with E-state index in [0.29, 0.717) is 0 Å². The fourth-order valence-electron chi connectivity index (χ4n) is 5.48. The molecule has 8 aromatic rings. The molecule has 0 atom stereocenters. The van der Waals surface area contributed by atoms with E-state index in [0.717, 1.165) is 55.3 Å². The van der Waals surface area contributed by atoms with Crippen molar-refractivity contribution < 1.29 is 0 Å². The van der Waals surface area contributed by atoms with Crippen LogP contribution < -0.4 is 0 Å². The van der Waals surface area contributed by atoms with Crippen LogP contribution in [0, 0.1) is 0 Å². The molecular formula is C35H22N4S. The Morgan fingerprint density at radius 3 is 1.93 bits per heavy atom. The smallest absolute Gasteiger partial charge is 0.124 e. The third kappa shape index (κ3) is 3.79. The highest BCUT2D eigenvalue weighted by molar-refractivity contribution is 7.21. The highest BCUT2D eigenvalue weighted by atomic mass is 32.1. The molecule has 0 bridgehead atoms. The van der Waals surface area contributed by atoms with Gasteiger partial charge in [-0.2, -0.15) is 0 Å². The van der Waals surface area contributed by atoms with Crippen molar-refractivity contribution in [3.63, 3.8) is 0 Å². The Morgan fingerprint density at radius 2 is 1.20 bits per heavy atom. The quantitative estimate of drug-likeness (QED) is 0.228. The second kappa shape index (κ2) is 9.26. The number of rotatable bonds is 4. The van der Waals surface area contributed by atoms with Crippen LogP contribution in [0.5, 0.6) is 0 Å². The molecule has 0 aliphatic rings. The zero-order valence-corrected chi connectivity index (χ0v) is 22.2. The molecule has 0 N–H and O–H groups in total. The van der Waals surface area contributed by atoms with Crippen molar-refractivity contribution >= 4 is 43.4 Å². The molecule has 0 aliphatic carbocycles. The molecule has 8 rings (SSSR count). The van der Waals surface area contributed by atoms with E-state index in [1.54, 1.807) is 11.3 Å². The lowest BCUT2D eigenvalue weighted by Crippen LogP contribution is -1.97. The summed E-state index contributed by atoms with van der Waals surface area (Å²) in [6, 6.07) is 42.3. The third-order valence-electron chi connectivity index (χ3n) is 7.31. The van der Waals surface area contributed by atoms with Crippen LogP contribution in [0.3, 0.4) is 0 Å². The largest absolute Gasteiger partial charge is 0.309 e. The van der Waals surface area contributed by atoms with Crippen LogP contribution in [0.4, 0.5) is 0 Å². The fraction of sp³-hybridized carbons (Fsp3) is 0. The van der Waals surface area contributed by atoms with E-state index in [9.17, 15) is 0 Å². The Bertz CT molecular complexity index is 2070. The molecule has 4 aromatic carbocycles. The van der Waals surface area contributed by atoms with Gasteiger partial charge in [0.2, 0.25) is 0 Å². The highest BCUT2D eigenvalue weighted by Crippen LogP contribution is 2.38. The summed E-state index contributed by atoms with van der Waals surface area (Å²) in [5.74, 6) is 0. The van der Waals surface area contributed by atoms with Crippen molar-refractivity contribution in [2.45, 2.75) is 0 Å². The Labute approximate surface area is 234 Å². The number of thiazole rings is 1. The number of benzene rings is 4. The van der Waals surface area contributed by atoms with Gasteiger partial charge in [-0.3, -0.25) is 9.97 Å². The maximum Gasteiger partial charge on any atom is 0.124 e. The van der Waals surface area contributed by atoms with Gasteiger partial charge in [0.15, 0.2) is 0 Å². The highest BCUT2D eigenvalue weighted by Gasteiger charge is 2.16. The summed E-state index contributed by atoms with van der Waals surface area (Å²) in [6.45, 7) is 0. The molecule has 4 aromatic heterocycles. The average molecular weight is 531 g/mol. The number of pyridine rings is 2. The molecule has 0 unspecified atom stereocenters. The Balaban J connectivity index is 1.41. The van der Waals surface area contributed by atoms with Crippen molar-refractivity contribution in [3.05, 3.63) is 134 Å². The third-order valence-corrected chi connectivity index (χ3v) is 8.40. The minimum absolute atomic E-state index is 0.928. The van der Waals surface area contributed by atoms with E-state index in [1.807, 2.05) is 42.7 Å². The molecule has 4 nitrogen and oxygen atoms in total. The lowest BCUT2D eigenvalue weighted by Gasteiger charge is -2.13. The van der Waals surface area contributed by atoms with Gasteiger partial charge in [0, 0.05) is 45.5 Å². The van der Waals surface area contributed by atoms with Crippen LogP contribution in [-0.4, -0.2) is 19.5 Å². The molecule has 0 fully saturated rings. The predicted octanol–water partition coefficient (Wildman–Crippen LogP) is 9.18. The van der Waals surface area contributed by atoms with Crippen LogP contribution in [-0.2, 0) is 0 Å². The number of para-hydroxylation sites is 2. The van der Waals surface area contributed by atoms with Gasteiger partial charge in [-0.15, -0.1) is 11.3 Å². The summed E-state index contributed by atoms with van der Waals surface area (Å²) in [6.07, 6.45) is 3.68. The van der Waals surface area contributed by atoms with Crippen molar-refractivity contribution in [1.29, 1.82) is 0 Å². The Kier molecular flexibility index (Phi) is 5.28. The van der Waals surface area contributed by atoms with Crippen LogP contribution in [0.25, 0.3) is 70.8 Å². The summed E-state index contributed by atoms with van der Waals surface area (Å²) in [5, 5.41) is 3.45. The van der Waals surface area contributed by atoms with Gasteiger partial charge >= 0.3 is 0 Å². The molecule has 40 heavy (non-hydrogen) atoms. The molecule has 188 valence electrons. The molecule has 4 heterocycles. The summed E-state index contributed by atoms with van der Waals surface area (Å²) >= 11 is 1.73. The maximum absolute atomic E-state index is 4.95. The van der Waals surface area contributed by atoms with Crippen LogP contribution in [0.1, 0.15) is 0 Å². The number of aromatic nitrogens is 4. The van der Waals surface area contributed by atoms with E-state index in [1.165, 1.54) is 15.5 Å². The van der Waals surface area contributed by atoms with E-state index >= 15 is 0 Å². The molecule has 0 saturated heterocycles. The number of hydrogen-bond acceptors (Lipinski definition) is 4. The fourth-order valence-corrected chi connectivity index (χ4v) is 6.44. The van der Waals surface area contributed by atoms with E-state index in [4.69, 9.17) is 4.98 Å². The SMILES string of the molecule is c1ccc(-c2cc(-c3ccccn3)cc(-n3c4ccccc4c4ccc(-c5nc6ccccc6s5)cc43)c2)nc1. The molecule has 0 spiro atoms. The second-order valence-electron chi connectivity index (χ2n) is 9.77. The van der Waals surface area contributed by atoms with Gasteiger partial charge < -0.3 is 4.57 Å². The Morgan fingerprint density at radius 1 is 0.525 bits per heavy atom. The maximum atomic E-state index is 4.95. The van der Waals surface area contributed by atoms with Gasteiger partial charge in [0.25, 0.3) is 0 Å². The van der Waals surface area contributed by atoms with Crippen LogP contribution in [0.2, 0.25) is 0 Å². The summed E-state index contributed by atoms with van der Waals surface area (Å²) in [5.41, 5.74) is 9.47. The zero-order valence-electron chi connectivity index (χ0n) is 21.4. The lowest BCUT2D eigenvalue weighted by atomic mass is 10.0. The van der Waals surface area contributed by atoms with Gasteiger partial charge in [0.05, 0.1) is 32.6 Å². The number of fused-ring (bicyclic) bond motifs is 4. The first-order chi connectivity index (χ1) is 19.8. The second-order valence-corrected chi connectivity index (χ2v) is 10.8. The summed E-state index contributed by atoms with van der Waals surface area (Å²) < 4.78 is 3.56. The van der Waals surface area contributed by atoms with Crippen molar-refractivity contribution in [2.24, 2.45) is 0 Å². The number of hydrogen-bond donors (Lipinski definition) is 0. The van der Waals surface area contributed by atoms with Crippen LogP contribution >= 0.6 is 11.3 Å². The van der Waals surface area contributed by atoms with Crippen molar-refractivity contribution in [2.75, 3.05) is 0 Å². The predicted molar refractivity (Wildman–Crippen MR) is 166 cm³/mol. The first-order valence-corrected chi connectivity index (χ1v) is 14.0. The lowest BCUT2D eigenvalue weighted by molar-refractivity contribution is 1.17. The van der Waals surface area contributed by atoms with E-state index in [2.05, 4.69) is 106 Å². The summed E-state index contributed by atoms with van der Waals surface area (Å²) in [7, 11) is 0. The average Bonchev–Trinajstić information content (AvgIpc) is 3.61. The molecule has 5 heteroatoms. The van der Waals surface area contributed by atoms with Crippen molar-refractivity contribution in [3.8, 4) is 38.8 Å². The first kappa shape index (κ1) is 22.8. The van der Waals surface area contributed by atoms with E-state index < -0.39 is 0 Å². The molecule has 0 amide bonds. The zero-order chi connectivity index (χ0) is 26.5. The summed E-state index contributed by atoms with van der Waals surface area (Å²) in [4.78, 5) is 14.3. The van der Waals surface area contributed by atoms with Gasteiger partial charge in [-0.1, -0.05) is 54.6 Å². The molecule has 0 saturated carbocycles. The minimum atomic E-state index is 0.928. The molecular weight excluding hydrogens is 508 g/mol. The first-order valence-electron chi connectivity index (χ1n) is 13.2. The Hall–Kier alpha value is -5.13. The normalized spacial score (nSPS) is 11.5. The number of nitrogens with zero attached hydrogens (tertiary/aromatic N) is 4. The molecule has 0 aliphatic heterocycles. The van der Waals surface area contributed by atoms with Crippen LogP contribution in [0.15, 0.2) is 134 Å². The van der Waals surface area contributed by atoms with Crippen molar-refractivity contribution in [1.82, 2.24) is 19.5 Å². The minimum Gasteiger partial charge on any atom is -0.309 e.